The first-order valence-corrected chi connectivity index (χ1v) is 3.64. The van der Waals surface area contributed by atoms with Crippen molar-refractivity contribution in [2.24, 2.45) is 17.5 Å². The van der Waals surface area contributed by atoms with Crippen molar-refractivity contribution in [3.8, 4) is 0 Å². The molecule has 0 aromatic heterocycles. The van der Waals surface area contributed by atoms with Crippen LogP contribution in [0.2, 0.25) is 0 Å². The number of rotatable bonds is 2. The van der Waals surface area contributed by atoms with Gasteiger partial charge in [-0.15, -0.1) is 0 Å². The van der Waals surface area contributed by atoms with Crippen LogP contribution in [0.5, 0.6) is 0 Å². The Hall–Kier alpha value is -0.160. The van der Waals surface area contributed by atoms with E-state index in [4.69, 9.17) is 16.3 Å². The lowest BCUT2D eigenvalue weighted by atomic mass is 9.98. The molecule has 4 heteroatoms. The zero-order valence-electron chi connectivity index (χ0n) is 6.05. The van der Waals surface area contributed by atoms with Gasteiger partial charge in [0.1, 0.15) is 0 Å². The smallest absolute Gasteiger partial charge is 0.0706 e. The average molecular weight is 145 g/mol. The highest BCUT2D eigenvalue weighted by Gasteiger charge is 2.19. The molecule has 1 aliphatic heterocycles. The Morgan fingerprint density at radius 3 is 2.50 bits per heavy atom. The number of nitrogens with two attached hydrogens (primary N) is 2. The fourth-order valence-electron chi connectivity index (χ4n) is 1.21. The van der Waals surface area contributed by atoms with Gasteiger partial charge in [0.05, 0.1) is 6.17 Å². The first-order chi connectivity index (χ1) is 4.84. The predicted octanol–water partition coefficient (Wildman–Crippen LogP) is -0.839. The van der Waals surface area contributed by atoms with Crippen molar-refractivity contribution in [3.05, 3.63) is 0 Å². The normalized spacial score (nSPS) is 24.6. The summed E-state index contributed by atoms with van der Waals surface area (Å²) in [6, 6.07) is 0. The SMILES string of the molecule is NNC(N)C1CCOCC1. The molecule has 1 rings (SSSR count). The summed E-state index contributed by atoms with van der Waals surface area (Å²) in [5.41, 5.74) is 8.21. The quantitative estimate of drug-likeness (QED) is 0.269. The Labute approximate surface area is 60.9 Å². The van der Waals surface area contributed by atoms with Gasteiger partial charge in [-0.1, -0.05) is 0 Å². The number of hydrogen-bond donors (Lipinski definition) is 3. The van der Waals surface area contributed by atoms with Gasteiger partial charge >= 0.3 is 0 Å². The Balaban J connectivity index is 2.24. The van der Waals surface area contributed by atoms with Gasteiger partial charge in [-0.05, 0) is 18.8 Å². The van der Waals surface area contributed by atoms with Crippen LogP contribution in [-0.2, 0) is 4.74 Å². The van der Waals surface area contributed by atoms with E-state index in [1.165, 1.54) is 0 Å². The average Bonchev–Trinajstić information content (AvgIpc) is 2.05. The molecule has 0 aromatic carbocycles. The zero-order valence-corrected chi connectivity index (χ0v) is 6.05. The number of hydrogen-bond acceptors (Lipinski definition) is 4. The summed E-state index contributed by atoms with van der Waals surface area (Å²) in [5.74, 6) is 5.67. The minimum Gasteiger partial charge on any atom is -0.381 e. The number of hydrazine groups is 1. The summed E-state index contributed by atoms with van der Waals surface area (Å²) in [7, 11) is 0. The molecule has 4 nitrogen and oxygen atoms in total. The van der Waals surface area contributed by atoms with Gasteiger partial charge < -0.3 is 10.5 Å². The summed E-state index contributed by atoms with van der Waals surface area (Å²) in [5, 5.41) is 0. The van der Waals surface area contributed by atoms with Gasteiger partial charge in [0.25, 0.3) is 0 Å². The van der Waals surface area contributed by atoms with Crippen molar-refractivity contribution in [1.29, 1.82) is 0 Å². The third kappa shape index (κ3) is 1.91. The molecular formula is C6H15N3O. The monoisotopic (exact) mass is 145 g/mol. The third-order valence-electron chi connectivity index (χ3n) is 1.97. The summed E-state index contributed by atoms with van der Waals surface area (Å²) >= 11 is 0. The van der Waals surface area contributed by atoms with Crippen LogP contribution in [0.15, 0.2) is 0 Å². The van der Waals surface area contributed by atoms with Crippen LogP contribution < -0.4 is 17.0 Å². The number of nitrogens with one attached hydrogen (secondary N) is 1. The van der Waals surface area contributed by atoms with Crippen LogP contribution in [0.3, 0.4) is 0 Å². The van der Waals surface area contributed by atoms with Crippen LogP contribution in [-0.4, -0.2) is 19.4 Å². The van der Waals surface area contributed by atoms with E-state index in [1.807, 2.05) is 0 Å². The summed E-state index contributed by atoms with van der Waals surface area (Å²) < 4.78 is 5.17. The Bertz CT molecular complexity index is 93.0. The second-order valence-electron chi connectivity index (χ2n) is 2.64. The first-order valence-electron chi connectivity index (χ1n) is 3.64. The van der Waals surface area contributed by atoms with Crippen LogP contribution in [0.25, 0.3) is 0 Å². The molecule has 1 aliphatic rings. The Morgan fingerprint density at radius 1 is 1.40 bits per heavy atom. The maximum absolute atomic E-state index is 5.66. The molecule has 1 unspecified atom stereocenters. The lowest BCUT2D eigenvalue weighted by Crippen LogP contribution is -2.49. The van der Waals surface area contributed by atoms with Gasteiger partial charge in [0, 0.05) is 13.2 Å². The van der Waals surface area contributed by atoms with E-state index in [2.05, 4.69) is 5.43 Å². The minimum absolute atomic E-state index is 0.0658. The molecule has 1 saturated heterocycles. The fraction of sp³-hybridized carbons (Fsp3) is 1.00. The molecule has 1 heterocycles. The molecule has 1 fully saturated rings. The molecule has 0 amide bonds. The van der Waals surface area contributed by atoms with Crippen molar-refractivity contribution in [2.45, 2.75) is 19.0 Å². The largest absolute Gasteiger partial charge is 0.381 e. The van der Waals surface area contributed by atoms with Gasteiger partial charge in [0.2, 0.25) is 0 Å². The molecule has 0 aromatic rings. The van der Waals surface area contributed by atoms with Crippen molar-refractivity contribution >= 4 is 0 Å². The van der Waals surface area contributed by atoms with Gasteiger partial charge in [-0.3, -0.25) is 5.84 Å². The molecule has 5 N–H and O–H groups in total. The zero-order chi connectivity index (χ0) is 7.40. The second-order valence-corrected chi connectivity index (χ2v) is 2.64. The Kier molecular flexibility index (Phi) is 3.08. The molecule has 0 saturated carbocycles. The van der Waals surface area contributed by atoms with Gasteiger partial charge in [-0.25, -0.2) is 5.43 Å². The third-order valence-corrected chi connectivity index (χ3v) is 1.97. The lowest BCUT2D eigenvalue weighted by Gasteiger charge is -2.26. The van der Waals surface area contributed by atoms with Crippen LogP contribution in [0.4, 0.5) is 0 Å². The van der Waals surface area contributed by atoms with Gasteiger partial charge in [-0.2, -0.15) is 0 Å². The summed E-state index contributed by atoms with van der Waals surface area (Å²) in [4.78, 5) is 0. The van der Waals surface area contributed by atoms with Crippen LogP contribution in [0, 0.1) is 5.92 Å². The summed E-state index contributed by atoms with van der Waals surface area (Å²) in [6.45, 7) is 1.64. The highest BCUT2D eigenvalue weighted by Crippen LogP contribution is 2.15. The van der Waals surface area contributed by atoms with E-state index >= 15 is 0 Å². The van der Waals surface area contributed by atoms with E-state index in [-0.39, 0.29) is 6.17 Å². The van der Waals surface area contributed by atoms with Crippen molar-refractivity contribution in [2.75, 3.05) is 13.2 Å². The van der Waals surface area contributed by atoms with Gasteiger partial charge in [0.15, 0.2) is 0 Å². The molecular weight excluding hydrogens is 130 g/mol. The molecule has 0 bridgehead atoms. The van der Waals surface area contributed by atoms with Crippen molar-refractivity contribution < 1.29 is 4.74 Å². The minimum atomic E-state index is -0.0658. The lowest BCUT2D eigenvalue weighted by molar-refractivity contribution is 0.0545. The maximum atomic E-state index is 5.66. The van der Waals surface area contributed by atoms with Crippen LogP contribution in [0.1, 0.15) is 12.8 Å². The highest BCUT2D eigenvalue weighted by molar-refractivity contribution is 4.71. The van der Waals surface area contributed by atoms with E-state index in [9.17, 15) is 0 Å². The first kappa shape index (κ1) is 7.94. The molecule has 0 aliphatic carbocycles. The molecule has 1 atom stereocenters. The van der Waals surface area contributed by atoms with Crippen molar-refractivity contribution in [1.82, 2.24) is 5.43 Å². The topological polar surface area (TPSA) is 73.3 Å². The molecule has 60 valence electrons. The Morgan fingerprint density at radius 2 is 2.00 bits per heavy atom. The van der Waals surface area contributed by atoms with Crippen molar-refractivity contribution in [3.63, 3.8) is 0 Å². The summed E-state index contributed by atoms with van der Waals surface area (Å²) in [6.07, 6.45) is 1.97. The molecule has 0 spiro atoms. The second kappa shape index (κ2) is 3.88. The number of ether oxygens (including phenoxy) is 1. The van der Waals surface area contributed by atoms with E-state index < -0.39 is 0 Å². The van der Waals surface area contributed by atoms with E-state index in [1.54, 1.807) is 0 Å². The highest BCUT2D eigenvalue weighted by atomic mass is 16.5. The maximum Gasteiger partial charge on any atom is 0.0706 e. The standard InChI is InChI=1S/C6H15N3O/c7-6(9-8)5-1-3-10-4-2-5/h5-6,9H,1-4,7-8H2. The molecule has 0 radical (unpaired) electrons. The predicted molar refractivity (Wildman–Crippen MR) is 38.8 cm³/mol. The fourth-order valence-corrected chi connectivity index (χ4v) is 1.21. The van der Waals surface area contributed by atoms with E-state index in [0.29, 0.717) is 5.92 Å². The molecule has 10 heavy (non-hydrogen) atoms. The van der Waals surface area contributed by atoms with Crippen LogP contribution >= 0.6 is 0 Å². The van der Waals surface area contributed by atoms with E-state index in [0.717, 1.165) is 26.1 Å².